The summed E-state index contributed by atoms with van der Waals surface area (Å²) in [5.74, 6) is 4.07. The molecule has 2 N–H and O–H groups in total. The SMILES string of the molecule is CN(CCC12CC3CC(CC(C3)C1)C2)C1CCCC1CN. The number of hydrogen-bond acceptors (Lipinski definition) is 2. The standard InChI is InChI=1S/C19H34N2/c1-21(18-4-2-3-17(18)13-20)6-5-19-10-14-7-15(11-19)9-16(8-14)12-19/h14-18H,2-13,20H2,1H3. The number of nitrogens with two attached hydrogens (primary N) is 1. The lowest BCUT2D eigenvalue weighted by Crippen LogP contribution is -2.48. The van der Waals surface area contributed by atoms with E-state index in [9.17, 15) is 0 Å². The first-order valence-corrected chi connectivity index (χ1v) is 9.58. The zero-order valence-electron chi connectivity index (χ0n) is 13.9. The van der Waals surface area contributed by atoms with Gasteiger partial charge in [-0.15, -0.1) is 0 Å². The Kier molecular flexibility index (Phi) is 3.82. The van der Waals surface area contributed by atoms with Crippen molar-refractivity contribution in [2.24, 2.45) is 34.8 Å². The zero-order chi connectivity index (χ0) is 14.4. The molecule has 5 aliphatic carbocycles. The molecule has 5 aliphatic rings. The molecule has 0 saturated heterocycles. The molecule has 0 aromatic heterocycles. The minimum Gasteiger partial charge on any atom is -0.330 e. The average Bonchev–Trinajstić information content (AvgIpc) is 2.92. The number of rotatable bonds is 5. The molecule has 0 aliphatic heterocycles. The van der Waals surface area contributed by atoms with E-state index >= 15 is 0 Å². The summed E-state index contributed by atoms with van der Waals surface area (Å²) < 4.78 is 0. The van der Waals surface area contributed by atoms with Gasteiger partial charge in [0.1, 0.15) is 0 Å². The van der Waals surface area contributed by atoms with Gasteiger partial charge in [-0.25, -0.2) is 0 Å². The van der Waals surface area contributed by atoms with E-state index in [-0.39, 0.29) is 0 Å². The molecule has 2 atom stereocenters. The summed E-state index contributed by atoms with van der Waals surface area (Å²) in [6.45, 7) is 2.22. The minimum atomic E-state index is 0.750. The zero-order valence-corrected chi connectivity index (χ0v) is 13.9. The summed E-state index contributed by atoms with van der Waals surface area (Å²) in [5, 5.41) is 0. The van der Waals surface area contributed by atoms with Crippen LogP contribution in [0.4, 0.5) is 0 Å². The molecule has 0 aromatic carbocycles. The van der Waals surface area contributed by atoms with Gasteiger partial charge >= 0.3 is 0 Å². The van der Waals surface area contributed by atoms with E-state index in [1.165, 1.54) is 32.2 Å². The normalized spacial score (nSPS) is 48.4. The van der Waals surface area contributed by atoms with Crippen molar-refractivity contribution in [1.82, 2.24) is 4.90 Å². The van der Waals surface area contributed by atoms with E-state index in [1.54, 1.807) is 38.5 Å². The molecule has 21 heavy (non-hydrogen) atoms. The molecular weight excluding hydrogens is 256 g/mol. The molecule has 0 radical (unpaired) electrons. The first-order valence-electron chi connectivity index (χ1n) is 9.58. The Balaban J connectivity index is 1.36. The van der Waals surface area contributed by atoms with Gasteiger partial charge in [-0.05, 0) is 107 Å². The van der Waals surface area contributed by atoms with E-state index in [2.05, 4.69) is 11.9 Å². The molecule has 0 aromatic rings. The molecule has 5 fully saturated rings. The molecule has 0 amide bonds. The molecule has 5 saturated carbocycles. The van der Waals surface area contributed by atoms with Crippen molar-refractivity contribution in [3.05, 3.63) is 0 Å². The summed E-state index contributed by atoms with van der Waals surface area (Å²) in [6.07, 6.45) is 15.1. The molecule has 5 rings (SSSR count). The molecule has 2 heteroatoms. The largest absolute Gasteiger partial charge is 0.330 e. The fraction of sp³-hybridized carbons (Fsp3) is 1.00. The Morgan fingerprint density at radius 1 is 1.00 bits per heavy atom. The Morgan fingerprint density at radius 2 is 1.62 bits per heavy atom. The molecule has 4 bridgehead atoms. The van der Waals surface area contributed by atoms with E-state index in [4.69, 9.17) is 5.73 Å². The fourth-order valence-electron chi connectivity index (χ4n) is 7.05. The second-order valence-electron chi connectivity index (χ2n) is 9.14. The van der Waals surface area contributed by atoms with Crippen molar-refractivity contribution in [3.63, 3.8) is 0 Å². The lowest BCUT2D eigenvalue weighted by atomic mass is 9.49. The summed E-state index contributed by atoms with van der Waals surface area (Å²) >= 11 is 0. The first-order chi connectivity index (χ1) is 10.2. The van der Waals surface area contributed by atoms with Crippen LogP contribution in [0.15, 0.2) is 0 Å². The third kappa shape index (κ3) is 2.67. The van der Waals surface area contributed by atoms with Gasteiger partial charge in [0.2, 0.25) is 0 Å². The Labute approximate surface area is 130 Å². The maximum absolute atomic E-state index is 5.98. The summed E-state index contributed by atoms with van der Waals surface area (Å²) in [4.78, 5) is 2.68. The van der Waals surface area contributed by atoms with Crippen LogP contribution in [-0.4, -0.2) is 31.1 Å². The molecule has 0 spiro atoms. The first kappa shape index (κ1) is 14.5. The Bertz CT molecular complexity index is 342. The van der Waals surface area contributed by atoms with Gasteiger partial charge in [0.25, 0.3) is 0 Å². The highest BCUT2D eigenvalue weighted by molar-refractivity contribution is 5.01. The van der Waals surface area contributed by atoms with Crippen LogP contribution in [-0.2, 0) is 0 Å². The van der Waals surface area contributed by atoms with Crippen molar-refractivity contribution in [1.29, 1.82) is 0 Å². The second kappa shape index (κ2) is 5.53. The van der Waals surface area contributed by atoms with Gasteiger partial charge in [-0.3, -0.25) is 0 Å². The van der Waals surface area contributed by atoms with Crippen molar-refractivity contribution >= 4 is 0 Å². The fourth-order valence-corrected chi connectivity index (χ4v) is 7.05. The van der Waals surface area contributed by atoms with E-state index < -0.39 is 0 Å². The molecular formula is C19H34N2. The topological polar surface area (TPSA) is 29.3 Å². The third-order valence-electron chi connectivity index (χ3n) is 7.65. The van der Waals surface area contributed by atoms with Crippen molar-refractivity contribution < 1.29 is 0 Å². The highest BCUT2D eigenvalue weighted by Crippen LogP contribution is 2.61. The molecule has 2 unspecified atom stereocenters. The van der Waals surface area contributed by atoms with Gasteiger partial charge in [0, 0.05) is 6.04 Å². The van der Waals surface area contributed by atoms with Crippen molar-refractivity contribution in [2.75, 3.05) is 20.1 Å². The lowest BCUT2D eigenvalue weighted by Gasteiger charge is -2.57. The molecule has 120 valence electrons. The van der Waals surface area contributed by atoms with Gasteiger partial charge < -0.3 is 10.6 Å². The molecule has 0 heterocycles. The highest BCUT2D eigenvalue weighted by atomic mass is 15.1. The van der Waals surface area contributed by atoms with Crippen LogP contribution < -0.4 is 5.73 Å². The summed E-state index contributed by atoms with van der Waals surface area (Å²) in [5.41, 5.74) is 6.73. The summed E-state index contributed by atoms with van der Waals surface area (Å²) in [7, 11) is 2.37. The monoisotopic (exact) mass is 290 g/mol. The maximum atomic E-state index is 5.98. The van der Waals surface area contributed by atoms with Crippen LogP contribution in [0.3, 0.4) is 0 Å². The summed E-state index contributed by atoms with van der Waals surface area (Å²) in [6, 6.07) is 0.781. The van der Waals surface area contributed by atoms with Crippen LogP contribution in [0.25, 0.3) is 0 Å². The van der Waals surface area contributed by atoms with Gasteiger partial charge in [-0.2, -0.15) is 0 Å². The predicted molar refractivity (Wildman–Crippen MR) is 88.0 cm³/mol. The minimum absolute atomic E-state index is 0.750. The van der Waals surface area contributed by atoms with Crippen LogP contribution in [0.5, 0.6) is 0 Å². The average molecular weight is 290 g/mol. The van der Waals surface area contributed by atoms with Crippen LogP contribution in [0, 0.1) is 29.1 Å². The quantitative estimate of drug-likeness (QED) is 0.837. The second-order valence-corrected chi connectivity index (χ2v) is 9.14. The Morgan fingerprint density at radius 3 is 2.19 bits per heavy atom. The van der Waals surface area contributed by atoms with E-state index in [0.29, 0.717) is 0 Å². The third-order valence-corrected chi connectivity index (χ3v) is 7.65. The number of nitrogens with zero attached hydrogens (tertiary/aromatic N) is 1. The van der Waals surface area contributed by atoms with Crippen molar-refractivity contribution in [2.45, 2.75) is 70.3 Å². The van der Waals surface area contributed by atoms with Gasteiger partial charge in [0.15, 0.2) is 0 Å². The highest BCUT2D eigenvalue weighted by Gasteiger charge is 2.50. The van der Waals surface area contributed by atoms with Crippen molar-refractivity contribution in [3.8, 4) is 0 Å². The molecule has 2 nitrogen and oxygen atoms in total. The van der Waals surface area contributed by atoms with Crippen LogP contribution in [0.2, 0.25) is 0 Å². The lowest BCUT2D eigenvalue weighted by molar-refractivity contribution is -0.0618. The van der Waals surface area contributed by atoms with E-state index in [1.807, 2.05) is 0 Å². The smallest absolute Gasteiger partial charge is 0.0132 e. The maximum Gasteiger partial charge on any atom is 0.0132 e. The number of hydrogen-bond donors (Lipinski definition) is 1. The predicted octanol–water partition coefficient (Wildman–Crippen LogP) is 3.65. The van der Waals surface area contributed by atoms with E-state index in [0.717, 1.165) is 41.7 Å². The van der Waals surface area contributed by atoms with Crippen LogP contribution >= 0.6 is 0 Å². The Hall–Kier alpha value is -0.0800. The van der Waals surface area contributed by atoms with Gasteiger partial charge in [-0.1, -0.05) is 6.42 Å². The van der Waals surface area contributed by atoms with Gasteiger partial charge in [0.05, 0.1) is 0 Å². The van der Waals surface area contributed by atoms with Crippen LogP contribution in [0.1, 0.15) is 64.2 Å².